The molecule has 0 spiro atoms. The molecule has 6 nitrogen and oxygen atoms in total. The number of carbonyl (C=O) groups excluding carboxylic acids is 1. The Kier molecular flexibility index (Phi) is 7.82. The van der Waals surface area contributed by atoms with Crippen LogP contribution in [-0.2, 0) is 21.0 Å². The molecule has 0 atom stereocenters. The highest BCUT2D eigenvalue weighted by atomic mass is 32.2. The average Bonchev–Trinajstić information content (AvgIpc) is 2.92. The number of nitrogens with one attached hydrogen (secondary N) is 1. The summed E-state index contributed by atoms with van der Waals surface area (Å²) in [5.74, 6) is -1.99. The zero-order valence-electron chi connectivity index (χ0n) is 20.4. The Bertz CT molecular complexity index is 1640. The van der Waals surface area contributed by atoms with Gasteiger partial charge in [0.05, 0.1) is 27.5 Å². The van der Waals surface area contributed by atoms with Crippen LogP contribution in [0.4, 0.5) is 28.9 Å². The van der Waals surface area contributed by atoms with Gasteiger partial charge in [0, 0.05) is 24.9 Å². The molecule has 1 aromatic heterocycles. The first kappa shape index (κ1) is 27.5. The van der Waals surface area contributed by atoms with E-state index in [1.807, 2.05) is 18.2 Å². The van der Waals surface area contributed by atoms with Gasteiger partial charge in [-0.3, -0.25) is 14.1 Å². The fourth-order valence-corrected chi connectivity index (χ4v) is 4.93. The van der Waals surface area contributed by atoms with Crippen LogP contribution in [0, 0.1) is 5.82 Å². The monoisotopic (exact) mass is 555 g/mol. The Labute approximate surface area is 222 Å². The fourth-order valence-electron chi connectivity index (χ4n) is 3.69. The Balaban J connectivity index is 1.54. The summed E-state index contributed by atoms with van der Waals surface area (Å²) in [5, 5.41) is 2.77. The number of anilines is 2. The van der Waals surface area contributed by atoms with Gasteiger partial charge in [0.15, 0.2) is 0 Å². The lowest BCUT2D eigenvalue weighted by Crippen LogP contribution is -2.27. The molecule has 0 aliphatic rings. The molecule has 0 fully saturated rings. The maximum Gasteiger partial charge on any atom is 0.419 e. The molecule has 4 rings (SSSR count). The molecule has 0 aliphatic carbocycles. The highest BCUT2D eigenvalue weighted by Crippen LogP contribution is 2.35. The SMILES string of the molecule is CN(c1ccc(F)c(C(F)(F)F)c1)S(=O)(=O)c1cccc(/C=C/C(=O)Nc2ccccc2-c2ccccn2)c1. The van der Waals surface area contributed by atoms with E-state index in [-0.39, 0.29) is 10.6 Å². The van der Waals surface area contributed by atoms with E-state index in [0.29, 0.717) is 38.9 Å². The Morgan fingerprint density at radius 1 is 0.949 bits per heavy atom. The molecule has 4 aromatic rings. The third-order valence-electron chi connectivity index (χ3n) is 5.69. The van der Waals surface area contributed by atoms with Crippen molar-refractivity contribution in [2.24, 2.45) is 0 Å². The Morgan fingerprint density at radius 2 is 1.69 bits per heavy atom. The van der Waals surface area contributed by atoms with E-state index in [0.717, 1.165) is 13.1 Å². The summed E-state index contributed by atoms with van der Waals surface area (Å²) in [6, 6.07) is 20.0. The van der Waals surface area contributed by atoms with E-state index in [1.54, 1.807) is 36.5 Å². The summed E-state index contributed by atoms with van der Waals surface area (Å²) in [5.41, 5.74) is 0.326. The largest absolute Gasteiger partial charge is 0.419 e. The predicted molar refractivity (Wildman–Crippen MR) is 141 cm³/mol. The summed E-state index contributed by atoms with van der Waals surface area (Å²) in [6.07, 6.45) is -0.733. The van der Waals surface area contributed by atoms with E-state index in [4.69, 9.17) is 0 Å². The standard InChI is InChI=1S/C28H21F4N3O3S/c1-35(20-13-14-24(29)23(18-20)28(30,31)32)39(37,38)21-8-6-7-19(17-21)12-15-27(36)34-26-11-3-2-9-22(26)25-10-4-5-16-33-25/h2-18H,1H3,(H,34,36)/b15-12+. The molecule has 3 aromatic carbocycles. The molecule has 0 aliphatic heterocycles. The van der Waals surface area contributed by atoms with Crippen molar-refractivity contribution in [3.05, 3.63) is 114 Å². The number of amides is 1. The summed E-state index contributed by atoms with van der Waals surface area (Å²) in [6.45, 7) is 0. The number of sulfonamides is 1. The third kappa shape index (κ3) is 6.32. The third-order valence-corrected chi connectivity index (χ3v) is 7.47. The number of pyridine rings is 1. The van der Waals surface area contributed by atoms with Crippen molar-refractivity contribution in [1.82, 2.24) is 4.98 Å². The number of halogens is 4. The number of hydrogen-bond acceptors (Lipinski definition) is 4. The molecule has 0 unspecified atom stereocenters. The van der Waals surface area contributed by atoms with Crippen LogP contribution in [0.25, 0.3) is 17.3 Å². The zero-order chi connectivity index (χ0) is 28.2. The van der Waals surface area contributed by atoms with Crippen LogP contribution in [0.2, 0.25) is 0 Å². The molecule has 0 radical (unpaired) electrons. The number of carbonyl (C=O) groups is 1. The van der Waals surface area contributed by atoms with Crippen LogP contribution < -0.4 is 9.62 Å². The van der Waals surface area contributed by atoms with Crippen LogP contribution in [0.15, 0.2) is 102 Å². The normalized spacial score (nSPS) is 11.9. The number of nitrogens with zero attached hydrogens (tertiary/aromatic N) is 2. The maximum atomic E-state index is 13.7. The van der Waals surface area contributed by atoms with Crippen LogP contribution in [0.1, 0.15) is 11.1 Å². The van der Waals surface area contributed by atoms with Crippen LogP contribution in [-0.4, -0.2) is 26.4 Å². The smallest absolute Gasteiger partial charge is 0.322 e. The number of alkyl halides is 3. The van der Waals surface area contributed by atoms with Crippen molar-refractivity contribution in [3.8, 4) is 11.3 Å². The van der Waals surface area contributed by atoms with Crippen molar-refractivity contribution in [2.45, 2.75) is 11.1 Å². The fraction of sp³-hybridized carbons (Fsp3) is 0.0714. The van der Waals surface area contributed by atoms with Gasteiger partial charge in [-0.2, -0.15) is 13.2 Å². The van der Waals surface area contributed by atoms with Crippen LogP contribution >= 0.6 is 0 Å². The number of benzene rings is 3. The van der Waals surface area contributed by atoms with Gasteiger partial charge in [-0.15, -0.1) is 0 Å². The van der Waals surface area contributed by atoms with Gasteiger partial charge in [0.2, 0.25) is 5.91 Å². The molecule has 0 saturated carbocycles. The van der Waals surface area contributed by atoms with E-state index in [9.17, 15) is 30.8 Å². The Morgan fingerprint density at radius 3 is 2.41 bits per heavy atom. The molecule has 39 heavy (non-hydrogen) atoms. The molecule has 1 N–H and O–H groups in total. The second-order valence-corrected chi connectivity index (χ2v) is 10.3. The minimum atomic E-state index is -4.99. The quantitative estimate of drug-likeness (QED) is 0.212. The van der Waals surface area contributed by atoms with Crippen molar-refractivity contribution in [3.63, 3.8) is 0 Å². The predicted octanol–water partition coefficient (Wildman–Crippen LogP) is 6.38. The summed E-state index contributed by atoms with van der Waals surface area (Å²) in [4.78, 5) is 16.7. The summed E-state index contributed by atoms with van der Waals surface area (Å²) < 4.78 is 79.9. The van der Waals surface area contributed by atoms with E-state index in [2.05, 4.69) is 10.3 Å². The van der Waals surface area contributed by atoms with Crippen LogP contribution in [0.3, 0.4) is 0 Å². The van der Waals surface area contributed by atoms with Gasteiger partial charge in [0.1, 0.15) is 5.82 Å². The zero-order valence-corrected chi connectivity index (χ0v) is 21.2. The highest BCUT2D eigenvalue weighted by molar-refractivity contribution is 7.92. The minimum absolute atomic E-state index is 0.231. The number of aromatic nitrogens is 1. The Hall–Kier alpha value is -4.51. The van der Waals surface area contributed by atoms with Crippen LogP contribution in [0.5, 0.6) is 0 Å². The lowest BCUT2D eigenvalue weighted by molar-refractivity contribution is -0.139. The molecule has 0 saturated heterocycles. The second-order valence-electron chi connectivity index (χ2n) is 8.29. The molecular weight excluding hydrogens is 534 g/mol. The number of para-hydroxylation sites is 1. The van der Waals surface area contributed by atoms with Crippen molar-refractivity contribution >= 4 is 33.4 Å². The van der Waals surface area contributed by atoms with Gasteiger partial charge < -0.3 is 5.32 Å². The average molecular weight is 556 g/mol. The van der Waals surface area contributed by atoms with Gasteiger partial charge in [-0.1, -0.05) is 36.4 Å². The minimum Gasteiger partial charge on any atom is -0.322 e. The lowest BCUT2D eigenvalue weighted by atomic mass is 10.1. The molecule has 0 bridgehead atoms. The van der Waals surface area contributed by atoms with Gasteiger partial charge in [-0.25, -0.2) is 12.8 Å². The molecule has 1 heterocycles. The van der Waals surface area contributed by atoms with E-state index in [1.165, 1.54) is 30.4 Å². The van der Waals surface area contributed by atoms with Gasteiger partial charge >= 0.3 is 6.18 Å². The van der Waals surface area contributed by atoms with Crippen molar-refractivity contribution in [1.29, 1.82) is 0 Å². The molecular formula is C28H21F4N3O3S. The van der Waals surface area contributed by atoms with Gasteiger partial charge in [-0.05, 0) is 60.2 Å². The number of rotatable bonds is 7. The van der Waals surface area contributed by atoms with Gasteiger partial charge in [0.25, 0.3) is 10.0 Å². The van der Waals surface area contributed by atoms with Crippen molar-refractivity contribution < 1.29 is 30.8 Å². The first-order chi connectivity index (χ1) is 18.5. The highest BCUT2D eigenvalue weighted by Gasteiger charge is 2.35. The summed E-state index contributed by atoms with van der Waals surface area (Å²) >= 11 is 0. The molecule has 200 valence electrons. The molecule has 1 amide bonds. The first-order valence-corrected chi connectivity index (χ1v) is 12.9. The van der Waals surface area contributed by atoms with E-state index < -0.39 is 33.5 Å². The first-order valence-electron chi connectivity index (χ1n) is 11.4. The maximum absolute atomic E-state index is 13.7. The number of hydrogen-bond donors (Lipinski definition) is 1. The lowest BCUT2D eigenvalue weighted by Gasteiger charge is -2.21. The topological polar surface area (TPSA) is 79.4 Å². The molecule has 11 heteroatoms. The van der Waals surface area contributed by atoms with Crippen molar-refractivity contribution in [2.75, 3.05) is 16.7 Å². The summed E-state index contributed by atoms with van der Waals surface area (Å²) in [7, 11) is -3.24. The van der Waals surface area contributed by atoms with E-state index >= 15 is 0 Å². The second kappa shape index (κ2) is 11.1.